The van der Waals surface area contributed by atoms with Gasteiger partial charge in [-0.3, -0.25) is 0 Å². The first-order chi connectivity index (χ1) is 3.66. The first-order valence-corrected chi connectivity index (χ1v) is 2.75. The molecule has 2 rings (SSSR count). The zero-order valence-corrected chi connectivity index (χ0v) is 4.38. The molecular formula is C5H7F2N. The minimum Gasteiger partial charge on any atom is -0.310 e. The second-order valence-corrected chi connectivity index (χ2v) is 2.71. The van der Waals surface area contributed by atoms with Gasteiger partial charge >= 0.3 is 0 Å². The van der Waals surface area contributed by atoms with Crippen LogP contribution in [0.1, 0.15) is 6.42 Å². The van der Waals surface area contributed by atoms with Gasteiger partial charge in [0.05, 0.1) is 0 Å². The summed E-state index contributed by atoms with van der Waals surface area (Å²) < 4.78 is 25.3. The van der Waals surface area contributed by atoms with E-state index in [0.717, 1.165) is 0 Å². The van der Waals surface area contributed by atoms with Gasteiger partial charge < -0.3 is 5.32 Å². The molecule has 1 aliphatic carbocycles. The van der Waals surface area contributed by atoms with E-state index in [0.29, 0.717) is 0 Å². The molecule has 0 bridgehead atoms. The van der Waals surface area contributed by atoms with Gasteiger partial charge in [0.15, 0.2) is 11.3 Å². The van der Waals surface area contributed by atoms with Gasteiger partial charge in [0.25, 0.3) is 0 Å². The molecule has 2 atom stereocenters. The van der Waals surface area contributed by atoms with Gasteiger partial charge in [-0.05, 0) is 0 Å². The molecule has 2 unspecified atom stereocenters. The molecule has 0 aromatic rings. The van der Waals surface area contributed by atoms with E-state index in [4.69, 9.17) is 0 Å². The fourth-order valence-corrected chi connectivity index (χ4v) is 1.30. The minimum atomic E-state index is -1.48. The van der Waals surface area contributed by atoms with E-state index in [1.54, 1.807) is 0 Å². The van der Waals surface area contributed by atoms with Gasteiger partial charge in [0.2, 0.25) is 0 Å². The van der Waals surface area contributed by atoms with Crippen molar-refractivity contribution in [2.75, 3.05) is 13.1 Å². The van der Waals surface area contributed by atoms with Crippen LogP contribution in [-0.4, -0.2) is 24.4 Å². The molecule has 1 heterocycles. The summed E-state index contributed by atoms with van der Waals surface area (Å²) in [6.45, 7) is 0.424. The highest BCUT2D eigenvalue weighted by Gasteiger charge is 2.73. The van der Waals surface area contributed by atoms with Gasteiger partial charge in [-0.15, -0.1) is 0 Å². The molecule has 0 spiro atoms. The van der Waals surface area contributed by atoms with Gasteiger partial charge in [0.1, 0.15) is 0 Å². The second-order valence-electron chi connectivity index (χ2n) is 2.71. The average molecular weight is 119 g/mol. The maximum Gasteiger partial charge on any atom is 0.161 e. The summed E-state index contributed by atoms with van der Waals surface area (Å²) in [6, 6.07) is 0. The highest BCUT2D eigenvalue weighted by molar-refractivity contribution is 5.25. The van der Waals surface area contributed by atoms with Crippen molar-refractivity contribution in [3.63, 3.8) is 0 Å². The van der Waals surface area contributed by atoms with Crippen LogP contribution in [0, 0.1) is 0 Å². The molecule has 1 saturated carbocycles. The average Bonchev–Trinajstić information content (AvgIpc) is 2.00. The third kappa shape index (κ3) is 0.312. The van der Waals surface area contributed by atoms with Crippen molar-refractivity contribution >= 4 is 0 Å². The number of halogens is 2. The number of nitrogens with one attached hydrogen (secondary N) is 1. The summed E-state index contributed by atoms with van der Waals surface area (Å²) in [5, 5.41) is 2.65. The van der Waals surface area contributed by atoms with E-state index in [9.17, 15) is 8.78 Å². The topological polar surface area (TPSA) is 12.0 Å². The van der Waals surface area contributed by atoms with Crippen LogP contribution in [0.5, 0.6) is 0 Å². The van der Waals surface area contributed by atoms with Crippen LogP contribution in [0.25, 0.3) is 0 Å². The van der Waals surface area contributed by atoms with Crippen molar-refractivity contribution in [3.05, 3.63) is 0 Å². The molecule has 0 amide bonds. The number of fused-ring (bicyclic) bond motifs is 1. The molecule has 2 fully saturated rings. The molecule has 2 aliphatic rings. The van der Waals surface area contributed by atoms with E-state index >= 15 is 0 Å². The summed E-state index contributed by atoms with van der Waals surface area (Å²) in [5.74, 6) is 0. The molecule has 1 aliphatic heterocycles. The Hall–Kier alpha value is -0.180. The van der Waals surface area contributed by atoms with Crippen LogP contribution in [0.15, 0.2) is 0 Å². The Labute approximate surface area is 46.1 Å². The van der Waals surface area contributed by atoms with Crippen molar-refractivity contribution < 1.29 is 8.78 Å². The van der Waals surface area contributed by atoms with Crippen molar-refractivity contribution in [2.24, 2.45) is 0 Å². The molecule has 0 radical (unpaired) electrons. The summed E-state index contributed by atoms with van der Waals surface area (Å²) >= 11 is 0. The normalized spacial score (nSPS) is 60.8. The molecule has 1 N–H and O–H groups in total. The standard InChI is InChI=1S/C5H7F2N/c6-4-1-5(4,7)3-8-2-4/h8H,1-3H2. The molecule has 1 nitrogen and oxygen atoms in total. The summed E-state index contributed by atoms with van der Waals surface area (Å²) in [7, 11) is 0. The Morgan fingerprint density at radius 3 is 1.75 bits per heavy atom. The first kappa shape index (κ1) is 4.68. The fraction of sp³-hybridized carbons (Fsp3) is 1.00. The van der Waals surface area contributed by atoms with E-state index in [-0.39, 0.29) is 19.5 Å². The number of rotatable bonds is 0. The Balaban J connectivity index is 2.26. The molecule has 0 aromatic heterocycles. The van der Waals surface area contributed by atoms with Crippen molar-refractivity contribution in [1.29, 1.82) is 0 Å². The maximum atomic E-state index is 12.6. The predicted molar refractivity (Wildman–Crippen MR) is 25.2 cm³/mol. The Morgan fingerprint density at radius 2 is 1.62 bits per heavy atom. The number of hydrogen-bond donors (Lipinski definition) is 1. The molecule has 3 heteroatoms. The van der Waals surface area contributed by atoms with Crippen molar-refractivity contribution in [2.45, 2.75) is 17.8 Å². The van der Waals surface area contributed by atoms with Crippen LogP contribution in [0.4, 0.5) is 8.78 Å². The van der Waals surface area contributed by atoms with Crippen LogP contribution in [0.3, 0.4) is 0 Å². The lowest BCUT2D eigenvalue weighted by Crippen LogP contribution is -2.16. The lowest BCUT2D eigenvalue weighted by Gasteiger charge is -1.93. The molecule has 46 valence electrons. The Bertz CT molecular complexity index is 116. The largest absolute Gasteiger partial charge is 0.310 e. The van der Waals surface area contributed by atoms with E-state index in [1.165, 1.54) is 0 Å². The number of piperidine rings is 1. The monoisotopic (exact) mass is 119 g/mol. The molecule has 8 heavy (non-hydrogen) atoms. The first-order valence-electron chi connectivity index (χ1n) is 2.75. The highest BCUT2D eigenvalue weighted by Crippen LogP contribution is 2.56. The number of alkyl halides is 2. The van der Waals surface area contributed by atoms with Gasteiger partial charge in [0, 0.05) is 19.5 Å². The smallest absolute Gasteiger partial charge is 0.161 e. The quantitative estimate of drug-likeness (QED) is 0.487. The van der Waals surface area contributed by atoms with E-state index < -0.39 is 11.3 Å². The van der Waals surface area contributed by atoms with Crippen molar-refractivity contribution in [3.8, 4) is 0 Å². The SMILES string of the molecule is FC12CNCC1(F)C2. The molecule has 0 aromatic carbocycles. The maximum absolute atomic E-state index is 12.6. The van der Waals surface area contributed by atoms with Crippen LogP contribution in [-0.2, 0) is 0 Å². The minimum absolute atomic E-state index is 0.118. The van der Waals surface area contributed by atoms with Crippen LogP contribution in [0.2, 0.25) is 0 Å². The lowest BCUT2D eigenvalue weighted by atomic mass is 10.3. The summed E-state index contributed by atoms with van der Waals surface area (Å²) in [6.07, 6.45) is 0.118. The lowest BCUT2D eigenvalue weighted by molar-refractivity contribution is 0.217. The second kappa shape index (κ2) is 0.923. The summed E-state index contributed by atoms with van der Waals surface area (Å²) in [4.78, 5) is 0. The van der Waals surface area contributed by atoms with E-state index in [1.807, 2.05) is 0 Å². The third-order valence-corrected chi connectivity index (χ3v) is 2.05. The van der Waals surface area contributed by atoms with Gasteiger partial charge in [-0.2, -0.15) is 0 Å². The Morgan fingerprint density at radius 1 is 1.12 bits per heavy atom. The highest BCUT2D eigenvalue weighted by atomic mass is 19.2. The van der Waals surface area contributed by atoms with Crippen LogP contribution >= 0.6 is 0 Å². The molecule has 1 saturated heterocycles. The number of hydrogen-bond acceptors (Lipinski definition) is 1. The summed E-state index contributed by atoms with van der Waals surface area (Å²) in [5.41, 5.74) is -2.96. The van der Waals surface area contributed by atoms with Gasteiger partial charge in [-0.1, -0.05) is 0 Å². The molecular weight excluding hydrogens is 112 g/mol. The van der Waals surface area contributed by atoms with Gasteiger partial charge in [-0.25, -0.2) is 8.78 Å². The predicted octanol–water partition coefficient (Wildman–Crippen LogP) is 0.410. The fourth-order valence-electron chi connectivity index (χ4n) is 1.30. The van der Waals surface area contributed by atoms with Crippen molar-refractivity contribution in [1.82, 2.24) is 5.32 Å². The Kier molecular flexibility index (Phi) is 0.539. The van der Waals surface area contributed by atoms with Crippen LogP contribution < -0.4 is 5.32 Å². The third-order valence-electron chi connectivity index (χ3n) is 2.05. The zero-order valence-electron chi connectivity index (χ0n) is 4.38. The zero-order chi connectivity index (χ0) is 5.83. The van der Waals surface area contributed by atoms with E-state index in [2.05, 4.69) is 5.32 Å².